The van der Waals surface area contributed by atoms with Gasteiger partial charge in [0.25, 0.3) is 0 Å². The zero-order valence-corrected chi connectivity index (χ0v) is 10.3. The maximum Gasteiger partial charge on any atom is 0.0317 e. The summed E-state index contributed by atoms with van der Waals surface area (Å²) in [7, 11) is 6.41. The van der Waals surface area contributed by atoms with Crippen molar-refractivity contribution in [2.24, 2.45) is 0 Å². The Hall–Kier alpha value is -0.860. The van der Waals surface area contributed by atoms with Crippen molar-refractivity contribution in [3.63, 3.8) is 0 Å². The minimum absolute atomic E-state index is 0.492. The summed E-state index contributed by atoms with van der Waals surface area (Å²) >= 11 is 0. The van der Waals surface area contributed by atoms with Crippen LogP contribution in [0.25, 0.3) is 0 Å². The first-order chi connectivity index (χ1) is 7.11. The largest absolute Gasteiger partial charge is 0.308 e. The van der Waals surface area contributed by atoms with Crippen molar-refractivity contribution in [1.29, 1.82) is 0 Å². The zero-order valence-electron chi connectivity index (χ0n) is 10.3. The SMILES string of the molecule is C[C@@H](c1ccccc1)N(C)CCN(C)C. The van der Waals surface area contributed by atoms with E-state index in [2.05, 4.69) is 68.2 Å². The van der Waals surface area contributed by atoms with E-state index in [0.29, 0.717) is 6.04 Å². The number of likely N-dealkylation sites (N-methyl/N-ethyl adjacent to an activating group) is 2. The van der Waals surface area contributed by atoms with Gasteiger partial charge in [-0.05, 0) is 33.6 Å². The van der Waals surface area contributed by atoms with E-state index in [1.807, 2.05) is 0 Å². The van der Waals surface area contributed by atoms with Gasteiger partial charge in [0.15, 0.2) is 0 Å². The van der Waals surface area contributed by atoms with E-state index in [4.69, 9.17) is 0 Å². The molecule has 1 atom stereocenters. The van der Waals surface area contributed by atoms with Gasteiger partial charge in [-0.15, -0.1) is 0 Å². The van der Waals surface area contributed by atoms with Crippen LogP contribution in [0.2, 0.25) is 0 Å². The van der Waals surface area contributed by atoms with Crippen LogP contribution in [0, 0.1) is 0 Å². The minimum Gasteiger partial charge on any atom is -0.308 e. The van der Waals surface area contributed by atoms with Gasteiger partial charge in [-0.1, -0.05) is 30.3 Å². The molecule has 1 aromatic rings. The molecule has 0 aromatic heterocycles. The zero-order chi connectivity index (χ0) is 11.3. The van der Waals surface area contributed by atoms with E-state index < -0.39 is 0 Å². The smallest absolute Gasteiger partial charge is 0.0317 e. The molecule has 0 saturated heterocycles. The standard InChI is InChI=1S/C13H22N2/c1-12(13-8-6-5-7-9-13)15(4)11-10-14(2)3/h5-9,12H,10-11H2,1-4H3/t12-/m0/s1. The van der Waals surface area contributed by atoms with Crippen LogP contribution in [-0.2, 0) is 0 Å². The molecule has 2 nitrogen and oxygen atoms in total. The maximum absolute atomic E-state index is 2.38. The second kappa shape index (κ2) is 5.89. The molecule has 0 bridgehead atoms. The van der Waals surface area contributed by atoms with E-state index >= 15 is 0 Å². The van der Waals surface area contributed by atoms with Gasteiger partial charge in [0, 0.05) is 19.1 Å². The molecule has 2 heteroatoms. The van der Waals surface area contributed by atoms with Crippen molar-refractivity contribution < 1.29 is 0 Å². The molecule has 84 valence electrons. The summed E-state index contributed by atoms with van der Waals surface area (Å²) < 4.78 is 0. The predicted molar refractivity (Wildman–Crippen MR) is 66.0 cm³/mol. The topological polar surface area (TPSA) is 6.48 Å². The highest BCUT2D eigenvalue weighted by Gasteiger charge is 2.10. The molecule has 0 amide bonds. The van der Waals surface area contributed by atoms with Crippen LogP contribution >= 0.6 is 0 Å². The lowest BCUT2D eigenvalue weighted by Gasteiger charge is -2.26. The Labute approximate surface area is 93.5 Å². The summed E-state index contributed by atoms with van der Waals surface area (Å²) in [6.07, 6.45) is 0. The molecule has 15 heavy (non-hydrogen) atoms. The Morgan fingerprint density at radius 2 is 1.60 bits per heavy atom. The number of hydrogen-bond acceptors (Lipinski definition) is 2. The van der Waals surface area contributed by atoms with E-state index in [1.165, 1.54) is 5.56 Å². The summed E-state index contributed by atoms with van der Waals surface area (Å²) in [6.45, 7) is 4.46. The lowest BCUT2D eigenvalue weighted by Crippen LogP contribution is -2.30. The third-order valence-corrected chi connectivity index (χ3v) is 2.84. The third-order valence-electron chi connectivity index (χ3n) is 2.84. The normalized spacial score (nSPS) is 13.5. The van der Waals surface area contributed by atoms with Crippen LogP contribution in [0.15, 0.2) is 30.3 Å². The predicted octanol–water partition coefficient (Wildman–Crippen LogP) is 2.24. The average molecular weight is 206 g/mol. The second-order valence-electron chi connectivity index (χ2n) is 4.37. The van der Waals surface area contributed by atoms with Crippen molar-refractivity contribution in [2.45, 2.75) is 13.0 Å². The summed E-state index contributed by atoms with van der Waals surface area (Å²) in [5.74, 6) is 0. The number of benzene rings is 1. The van der Waals surface area contributed by atoms with Crippen LogP contribution in [0.5, 0.6) is 0 Å². The molecule has 0 unspecified atom stereocenters. The maximum atomic E-state index is 2.38. The second-order valence-corrected chi connectivity index (χ2v) is 4.37. The summed E-state index contributed by atoms with van der Waals surface area (Å²) in [5.41, 5.74) is 1.39. The monoisotopic (exact) mass is 206 g/mol. The molecule has 0 spiro atoms. The van der Waals surface area contributed by atoms with Crippen molar-refractivity contribution in [3.8, 4) is 0 Å². The Morgan fingerprint density at radius 3 is 2.13 bits per heavy atom. The molecule has 0 radical (unpaired) electrons. The fourth-order valence-corrected chi connectivity index (χ4v) is 1.54. The van der Waals surface area contributed by atoms with Crippen LogP contribution in [0.4, 0.5) is 0 Å². The van der Waals surface area contributed by atoms with Gasteiger partial charge in [-0.3, -0.25) is 4.90 Å². The van der Waals surface area contributed by atoms with Crippen LogP contribution in [0.1, 0.15) is 18.5 Å². The summed E-state index contributed by atoms with van der Waals surface area (Å²) in [6, 6.07) is 11.1. The molecule has 0 heterocycles. The molecule has 0 N–H and O–H groups in total. The van der Waals surface area contributed by atoms with Gasteiger partial charge < -0.3 is 4.90 Å². The van der Waals surface area contributed by atoms with Crippen LogP contribution in [0.3, 0.4) is 0 Å². The Morgan fingerprint density at radius 1 is 1.00 bits per heavy atom. The van der Waals surface area contributed by atoms with E-state index in [9.17, 15) is 0 Å². The van der Waals surface area contributed by atoms with Crippen molar-refractivity contribution >= 4 is 0 Å². The molecule has 0 aliphatic heterocycles. The first kappa shape index (κ1) is 12.2. The lowest BCUT2D eigenvalue weighted by atomic mass is 10.1. The van der Waals surface area contributed by atoms with Gasteiger partial charge in [0.2, 0.25) is 0 Å². The quantitative estimate of drug-likeness (QED) is 0.729. The highest BCUT2D eigenvalue weighted by molar-refractivity contribution is 5.18. The molecule has 0 saturated carbocycles. The van der Waals surface area contributed by atoms with Gasteiger partial charge in [-0.25, -0.2) is 0 Å². The highest BCUT2D eigenvalue weighted by Crippen LogP contribution is 2.17. The van der Waals surface area contributed by atoms with Crippen molar-refractivity contribution in [3.05, 3.63) is 35.9 Å². The molecule has 0 aliphatic carbocycles. The Bertz CT molecular complexity index is 269. The van der Waals surface area contributed by atoms with Crippen molar-refractivity contribution in [1.82, 2.24) is 9.80 Å². The number of hydrogen-bond donors (Lipinski definition) is 0. The fraction of sp³-hybridized carbons (Fsp3) is 0.538. The van der Waals surface area contributed by atoms with Gasteiger partial charge >= 0.3 is 0 Å². The highest BCUT2D eigenvalue weighted by atomic mass is 15.2. The summed E-state index contributed by atoms with van der Waals surface area (Å²) in [5, 5.41) is 0. The minimum atomic E-state index is 0.492. The first-order valence-electron chi connectivity index (χ1n) is 5.51. The van der Waals surface area contributed by atoms with E-state index in [1.54, 1.807) is 0 Å². The average Bonchev–Trinajstić information content (AvgIpc) is 2.26. The molecule has 0 fully saturated rings. The Kier molecular flexibility index (Phi) is 4.79. The number of nitrogens with zero attached hydrogens (tertiary/aromatic N) is 2. The van der Waals surface area contributed by atoms with Crippen molar-refractivity contribution in [2.75, 3.05) is 34.2 Å². The Balaban J connectivity index is 2.49. The molecular formula is C13H22N2. The fourth-order valence-electron chi connectivity index (χ4n) is 1.54. The third kappa shape index (κ3) is 4.02. The molecule has 1 aromatic carbocycles. The summed E-state index contributed by atoms with van der Waals surface area (Å²) in [4.78, 5) is 4.60. The van der Waals surface area contributed by atoms with Gasteiger partial charge in [0.05, 0.1) is 0 Å². The lowest BCUT2D eigenvalue weighted by molar-refractivity contribution is 0.231. The van der Waals surface area contributed by atoms with E-state index in [-0.39, 0.29) is 0 Å². The number of rotatable bonds is 5. The molecule has 0 aliphatic rings. The van der Waals surface area contributed by atoms with Crippen LogP contribution < -0.4 is 0 Å². The van der Waals surface area contributed by atoms with Gasteiger partial charge in [-0.2, -0.15) is 0 Å². The van der Waals surface area contributed by atoms with E-state index in [0.717, 1.165) is 13.1 Å². The first-order valence-corrected chi connectivity index (χ1v) is 5.51. The van der Waals surface area contributed by atoms with Gasteiger partial charge in [0.1, 0.15) is 0 Å². The van der Waals surface area contributed by atoms with Crippen LogP contribution in [-0.4, -0.2) is 44.0 Å². The molecular weight excluding hydrogens is 184 g/mol. The molecule has 1 rings (SSSR count).